The Labute approximate surface area is 179 Å². The number of hydrogen-bond acceptors (Lipinski definition) is 3. The number of carboxylic acids is 1. The first-order valence-corrected chi connectivity index (χ1v) is 10.4. The number of carboxylic acid groups (broad SMARTS) is 1. The van der Waals surface area contributed by atoms with Gasteiger partial charge in [-0.15, -0.1) is 12.4 Å². The molecule has 2 aliphatic rings. The van der Waals surface area contributed by atoms with Crippen molar-refractivity contribution in [1.29, 1.82) is 0 Å². The summed E-state index contributed by atoms with van der Waals surface area (Å²) in [7, 11) is 0. The van der Waals surface area contributed by atoms with E-state index in [0.717, 1.165) is 63.1 Å². The fourth-order valence-electron chi connectivity index (χ4n) is 5.37. The van der Waals surface area contributed by atoms with E-state index in [-0.39, 0.29) is 24.4 Å². The van der Waals surface area contributed by atoms with Crippen molar-refractivity contribution < 1.29 is 14.6 Å². The maximum atomic E-state index is 13.1. The molecule has 1 saturated heterocycles. The monoisotopic (exact) mass is 415 g/mol. The molecule has 29 heavy (non-hydrogen) atoms. The van der Waals surface area contributed by atoms with E-state index < -0.39 is 11.4 Å². The van der Waals surface area contributed by atoms with E-state index in [4.69, 9.17) is 4.74 Å². The highest BCUT2D eigenvalue weighted by Gasteiger charge is 2.53. The Morgan fingerprint density at radius 3 is 1.93 bits per heavy atom. The Balaban J connectivity index is 0.00000240. The van der Waals surface area contributed by atoms with Crippen LogP contribution in [0.3, 0.4) is 0 Å². The summed E-state index contributed by atoms with van der Waals surface area (Å²) in [6.07, 6.45) is 4.23. The molecule has 0 spiro atoms. The van der Waals surface area contributed by atoms with Crippen molar-refractivity contribution in [2.75, 3.05) is 26.3 Å². The molecule has 2 aromatic carbocycles. The van der Waals surface area contributed by atoms with E-state index in [1.807, 2.05) is 60.7 Å². The third-order valence-corrected chi connectivity index (χ3v) is 6.60. The van der Waals surface area contributed by atoms with Gasteiger partial charge in [0, 0.05) is 19.1 Å². The Morgan fingerprint density at radius 1 is 0.897 bits per heavy atom. The lowest BCUT2D eigenvalue weighted by molar-refractivity contribution is -0.146. The molecule has 1 saturated carbocycles. The summed E-state index contributed by atoms with van der Waals surface area (Å²) in [5.41, 5.74) is 0.740. The van der Waals surface area contributed by atoms with Crippen molar-refractivity contribution in [3.8, 4) is 0 Å². The molecule has 5 heteroatoms. The zero-order valence-corrected chi connectivity index (χ0v) is 17.5. The first-order chi connectivity index (χ1) is 13.7. The summed E-state index contributed by atoms with van der Waals surface area (Å²) >= 11 is 0. The summed E-state index contributed by atoms with van der Waals surface area (Å²) in [6.45, 7) is 3.25. The average Bonchev–Trinajstić information content (AvgIpc) is 2.77. The van der Waals surface area contributed by atoms with Crippen LogP contribution in [0.25, 0.3) is 0 Å². The number of halogens is 1. The van der Waals surface area contributed by atoms with Gasteiger partial charge < -0.3 is 9.84 Å². The number of rotatable bonds is 5. The van der Waals surface area contributed by atoms with Crippen LogP contribution in [-0.4, -0.2) is 48.3 Å². The van der Waals surface area contributed by atoms with Crippen LogP contribution >= 0.6 is 12.4 Å². The molecule has 0 bridgehead atoms. The van der Waals surface area contributed by atoms with Gasteiger partial charge in [0.2, 0.25) is 0 Å². The summed E-state index contributed by atoms with van der Waals surface area (Å²) in [6, 6.07) is 20.0. The maximum Gasteiger partial charge on any atom is 0.318 e. The van der Waals surface area contributed by atoms with Crippen LogP contribution in [0, 0.1) is 5.92 Å². The Hall–Kier alpha value is -1.88. The maximum absolute atomic E-state index is 13.1. The van der Waals surface area contributed by atoms with Gasteiger partial charge in [-0.3, -0.25) is 9.69 Å². The number of hydrogen-bond donors (Lipinski definition) is 1. The van der Waals surface area contributed by atoms with Gasteiger partial charge in [0.25, 0.3) is 0 Å². The molecule has 1 heterocycles. The van der Waals surface area contributed by atoms with Crippen LogP contribution in [0.5, 0.6) is 0 Å². The van der Waals surface area contributed by atoms with Crippen LogP contribution in [0.2, 0.25) is 0 Å². The van der Waals surface area contributed by atoms with Crippen LogP contribution in [0.4, 0.5) is 0 Å². The lowest BCUT2D eigenvalue weighted by atomic mass is 9.59. The minimum atomic E-state index is -1.04. The van der Waals surface area contributed by atoms with Crippen molar-refractivity contribution >= 4 is 18.4 Å². The Bertz CT molecular complexity index is 738. The van der Waals surface area contributed by atoms with Gasteiger partial charge in [0.1, 0.15) is 5.41 Å². The van der Waals surface area contributed by atoms with Crippen LogP contribution in [0.1, 0.15) is 36.8 Å². The molecule has 1 N–H and O–H groups in total. The van der Waals surface area contributed by atoms with E-state index >= 15 is 0 Å². The number of carbonyl (C=O) groups is 1. The van der Waals surface area contributed by atoms with E-state index in [1.165, 1.54) is 0 Å². The summed E-state index contributed by atoms with van der Waals surface area (Å²) in [5.74, 6) is -0.711. The van der Waals surface area contributed by atoms with Crippen LogP contribution in [0.15, 0.2) is 60.7 Å². The molecule has 4 nitrogen and oxygen atoms in total. The normalized spacial score (nSPS) is 23.2. The van der Waals surface area contributed by atoms with Gasteiger partial charge in [-0.2, -0.15) is 0 Å². The zero-order chi connectivity index (χ0) is 19.4. The number of ether oxygens (including phenoxy) is 1. The molecule has 2 atom stereocenters. The quantitative estimate of drug-likeness (QED) is 0.787. The number of morpholine rings is 1. The highest BCUT2D eigenvalue weighted by Crippen LogP contribution is 2.47. The molecular weight excluding hydrogens is 386 g/mol. The smallest absolute Gasteiger partial charge is 0.318 e. The van der Waals surface area contributed by atoms with Crippen molar-refractivity contribution in [3.05, 3.63) is 71.8 Å². The number of aliphatic carboxylic acids is 1. The second kappa shape index (κ2) is 9.75. The standard InChI is InChI=1S/C24H29NO3.ClH/c26-23(27)24(19-9-3-1-4-10-19,20-11-5-2-6-12-20)21-13-7-8-14-22(21)25-15-17-28-18-16-25;/h1-6,9-12,21-22H,7-8,13-18H2,(H,26,27);1H/t21-,22-;/m1./s1. The van der Waals surface area contributed by atoms with Gasteiger partial charge in [-0.1, -0.05) is 73.5 Å². The SMILES string of the molecule is Cl.O=C(O)C(c1ccccc1)(c1ccccc1)[C@@H]1CCCC[C@H]1N1CCOCC1. The Morgan fingerprint density at radius 2 is 1.41 bits per heavy atom. The molecule has 0 unspecified atom stereocenters. The van der Waals surface area contributed by atoms with Crippen LogP contribution in [-0.2, 0) is 14.9 Å². The van der Waals surface area contributed by atoms with Crippen molar-refractivity contribution in [1.82, 2.24) is 4.90 Å². The zero-order valence-electron chi connectivity index (χ0n) is 16.7. The molecule has 4 rings (SSSR count). The van der Waals surface area contributed by atoms with E-state index in [9.17, 15) is 9.90 Å². The molecule has 2 fully saturated rings. The third kappa shape index (κ3) is 4.07. The molecule has 0 aromatic heterocycles. The number of benzene rings is 2. The van der Waals surface area contributed by atoms with Gasteiger partial charge in [-0.05, 0) is 29.9 Å². The molecule has 2 aromatic rings. The summed E-state index contributed by atoms with van der Waals surface area (Å²) < 4.78 is 5.57. The highest BCUT2D eigenvalue weighted by molar-refractivity contribution is 5.87. The van der Waals surface area contributed by atoms with Gasteiger partial charge in [-0.25, -0.2) is 0 Å². The van der Waals surface area contributed by atoms with Crippen molar-refractivity contribution in [3.63, 3.8) is 0 Å². The topological polar surface area (TPSA) is 49.8 Å². The fraction of sp³-hybridized carbons (Fsp3) is 0.458. The fourth-order valence-corrected chi connectivity index (χ4v) is 5.37. The van der Waals surface area contributed by atoms with Crippen LogP contribution < -0.4 is 0 Å². The van der Waals surface area contributed by atoms with Gasteiger partial charge in [0.05, 0.1) is 13.2 Å². The average molecular weight is 416 g/mol. The first-order valence-electron chi connectivity index (χ1n) is 10.4. The number of nitrogens with zero attached hydrogens (tertiary/aromatic N) is 1. The van der Waals surface area contributed by atoms with E-state index in [0.29, 0.717) is 0 Å². The van der Waals surface area contributed by atoms with Gasteiger partial charge in [0.15, 0.2) is 0 Å². The molecule has 156 valence electrons. The molecule has 0 amide bonds. The molecule has 0 radical (unpaired) electrons. The Kier molecular flexibility index (Phi) is 7.33. The van der Waals surface area contributed by atoms with E-state index in [1.54, 1.807) is 0 Å². The highest BCUT2D eigenvalue weighted by atomic mass is 35.5. The minimum absolute atomic E-state index is 0. The largest absolute Gasteiger partial charge is 0.480 e. The van der Waals surface area contributed by atoms with Crippen molar-refractivity contribution in [2.24, 2.45) is 5.92 Å². The van der Waals surface area contributed by atoms with E-state index in [2.05, 4.69) is 4.90 Å². The van der Waals surface area contributed by atoms with Gasteiger partial charge >= 0.3 is 5.97 Å². The third-order valence-electron chi connectivity index (χ3n) is 6.60. The predicted octanol–water partition coefficient (Wildman–Crippen LogP) is 4.37. The first kappa shape index (κ1) is 21.8. The lowest BCUT2D eigenvalue weighted by Crippen LogP contribution is -2.57. The summed E-state index contributed by atoms with van der Waals surface area (Å²) in [4.78, 5) is 15.6. The molecule has 1 aliphatic heterocycles. The second-order valence-electron chi connectivity index (χ2n) is 7.95. The molecule has 1 aliphatic carbocycles. The second-order valence-corrected chi connectivity index (χ2v) is 7.95. The van der Waals surface area contributed by atoms with Crippen molar-refractivity contribution in [2.45, 2.75) is 37.1 Å². The summed E-state index contributed by atoms with van der Waals surface area (Å²) in [5, 5.41) is 10.8. The lowest BCUT2D eigenvalue weighted by Gasteiger charge is -2.49. The minimum Gasteiger partial charge on any atom is -0.480 e. The predicted molar refractivity (Wildman–Crippen MR) is 117 cm³/mol. The molecular formula is C24H30ClNO3.